The van der Waals surface area contributed by atoms with Crippen LogP contribution >= 0.6 is 12.2 Å². The Morgan fingerprint density at radius 1 is 0.810 bits per heavy atom. The highest BCUT2D eigenvalue weighted by Gasteiger charge is 2.24. The number of nitrogens with one attached hydrogen (secondary N) is 2. The first kappa shape index (κ1) is 29.0. The van der Waals surface area contributed by atoms with Gasteiger partial charge < -0.3 is 20.0 Å². The molecule has 11 heteroatoms. The van der Waals surface area contributed by atoms with Crippen molar-refractivity contribution in [3.05, 3.63) is 93.5 Å². The second-order valence-electron chi connectivity index (χ2n) is 10.6. The lowest BCUT2D eigenvalue weighted by atomic mass is 10.1. The number of carbonyl (C=O) groups is 2. The Kier molecular flexibility index (Phi) is 8.97. The second-order valence-corrected chi connectivity index (χ2v) is 11.0. The Bertz CT molecular complexity index is 1460. The fraction of sp³-hybridized carbons (Fsp3) is 0.323. The molecule has 0 aliphatic carbocycles. The van der Waals surface area contributed by atoms with Gasteiger partial charge in [0.25, 0.3) is 17.5 Å². The summed E-state index contributed by atoms with van der Waals surface area (Å²) in [4.78, 5) is 43.1. The maximum Gasteiger partial charge on any atom is 0.293 e. The minimum atomic E-state index is -0.518. The first-order valence-corrected chi connectivity index (χ1v) is 14.6. The minimum absolute atomic E-state index is 0.0531. The van der Waals surface area contributed by atoms with Crippen LogP contribution in [0.5, 0.6) is 0 Å². The van der Waals surface area contributed by atoms with E-state index in [4.69, 9.17) is 12.2 Å². The monoisotopic (exact) mass is 586 g/mol. The molecule has 3 aromatic rings. The number of amides is 2. The van der Waals surface area contributed by atoms with Crippen LogP contribution in [-0.4, -0.2) is 66.0 Å². The first-order chi connectivity index (χ1) is 20.3. The van der Waals surface area contributed by atoms with Crippen LogP contribution in [0, 0.1) is 17.0 Å². The third kappa shape index (κ3) is 6.85. The normalized spacial score (nSPS) is 15.2. The summed E-state index contributed by atoms with van der Waals surface area (Å²) >= 11 is 5.33. The average molecular weight is 587 g/mol. The number of hydrogen-bond acceptors (Lipinski definition) is 7. The fourth-order valence-electron chi connectivity index (χ4n) is 5.35. The Labute approximate surface area is 250 Å². The van der Waals surface area contributed by atoms with Gasteiger partial charge in [-0.15, -0.1) is 0 Å². The van der Waals surface area contributed by atoms with Crippen LogP contribution in [0.15, 0.2) is 66.7 Å². The molecule has 2 aliphatic rings. The van der Waals surface area contributed by atoms with Crippen molar-refractivity contribution in [3.63, 3.8) is 0 Å². The van der Waals surface area contributed by atoms with E-state index in [1.54, 1.807) is 12.1 Å². The van der Waals surface area contributed by atoms with Gasteiger partial charge in [-0.3, -0.25) is 25.0 Å². The molecule has 2 saturated heterocycles. The van der Waals surface area contributed by atoms with Crippen molar-refractivity contribution in [2.45, 2.75) is 26.2 Å². The van der Waals surface area contributed by atoms with Crippen molar-refractivity contribution >= 4 is 51.9 Å². The van der Waals surface area contributed by atoms with E-state index in [0.29, 0.717) is 30.0 Å². The number of nitro groups is 1. The van der Waals surface area contributed by atoms with E-state index in [-0.39, 0.29) is 22.3 Å². The van der Waals surface area contributed by atoms with E-state index in [9.17, 15) is 19.7 Å². The molecule has 5 rings (SSSR count). The third-order valence-corrected chi connectivity index (χ3v) is 7.92. The lowest BCUT2D eigenvalue weighted by Crippen LogP contribution is -2.48. The number of nitrogens with zero attached hydrogens (tertiary/aromatic N) is 4. The van der Waals surface area contributed by atoms with E-state index in [1.165, 1.54) is 6.07 Å². The Morgan fingerprint density at radius 3 is 2.10 bits per heavy atom. The quantitative estimate of drug-likeness (QED) is 0.236. The van der Waals surface area contributed by atoms with Crippen molar-refractivity contribution in [2.75, 3.05) is 54.4 Å². The molecule has 2 aliphatic heterocycles. The fourth-order valence-corrected chi connectivity index (χ4v) is 5.56. The molecule has 0 radical (unpaired) electrons. The number of piperidine rings is 1. The largest absolute Gasteiger partial charge is 0.368 e. The van der Waals surface area contributed by atoms with Gasteiger partial charge in [-0.2, -0.15) is 0 Å². The second kappa shape index (κ2) is 13.0. The van der Waals surface area contributed by atoms with Crippen LogP contribution in [-0.2, 0) is 0 Å². The van der Waals surface area contributed by atoms with Crippen molar-refractivity contribution in [2.24, 2.45) is 0 Å². The van der Waals surface area contributed by atoms with Crippen LogP contribution in [0.25, 0.3) is 0 Å². The lowest BCUT2D eigenvalue weighted by Gasteiger charge is -2.36. The van der Waals surface area contributed by atoms with Gasteiger partial charge in [0.1, 0.15) is 5.69 Å². The molecule has 0 spiro atoms. The maximum atomic E-state index is 12.8. The van der Waals surface area contributed by atoms with Gasteiger partial charge in [0.05, 0.1) is 4.92 Å². The highest BCUT2D eigenvalue weighted by molar-refractivity contribution is 7.80. The standard InChI is InChI=1S/C31H34N6O4S/c1-22-5-7-23(8-6-22)30(39)36-19-17-34(18-20-36)26-12-10-25(11-13-26)32-31(42)33-29(38)24-9-14-27(28(21-24)37(40)41)35-15-3-2-4-16-35/h5-14,21H,2-4,15-20H2,1H3,(H2,32,33,38,42). The highest BCUT2D eigenvalue weighted by Crippen LogP contribution is 2.31. The van der Waals surface area contributed by atoms with E-state index >= 15 is 0 Å². The summed E-state index contributed by atoms with van der Waals surface area (Å²) < 4.78 is 0. The molecule has 0 aromatic heterocycles. The summed E-state index contributed by atoms with van der Waals surface area (Å²) in [6.45, 7) is 6.26. The third-order valence-electron chi connectivity index (χ3n) is 7.71. The molecule has 0 saturated carbocycles. The van der Waals surface area contributed by atoms with Gasteiger partial charge in [-0.1, -0.05) is 17.7 Å². The van der Waals surface area contributed by atoms with Crippen molar-refractivity contribution in [1.29, 1.82) is 0 Å². The molecule has 0 bridgehead atoms. The lowest BCUT2D eigenvalue weighted by molar-refractivity contribution is -0.384. The summed E-state index contributed by atoms with van der Waals surface area (Å²) in [5.41, 5.74) is 4.18. The maximum absolute atomic E-state index is 12.8. The summed E-state index contributed by atoms with van der Waals surface area (Å²) in [6, 6.07) is 19.9. The van der Waals surface area contributed by atoms with Gasteiger partial charge in [0.2, 0.25) is 0 Å². The zero-order valence-electron chi connectivity index (χ0n) is 23.5. The molecule has 0 atom stereocenters. The molecule has 3 aromatic carbocycles. The molecule has 2 heterocycles. The number of nitro benzene ring substituents is 1. The molecule has 0 unspecified atom stereocenters. The number of carbonyl (C=O) groups excluding carboxylic acids is 2. The predicted octanol–water partition coefficient (Wildman–Crippen LogP) is 4.98. The Balaban J connectivity index is 1.14. The molecule has 218 valence electrons. The van der Waals surface area contributed by atoms with Crippen LogP contribution in [0.1, 0.15) is 45.5 Å². The van der Waals surface area contributed by atoms with E-state index in [2.05, 4.69) is 15.5 Å². The smallest absolute Gasteiger partial charge is 0.293 e. The number of hydrogen-bond donors (Lipinski definition) is 2. The van der Waals surface area contributed by atoms with Gasteiger partial charge in [0, 0.05) is 67.8 Å². The van der Waals surface area contributed by atoms with Gasteiger partial charge in [-0.25, -0.2) is 0 Å². The van der Waals surface area contributed by atoms with E-state index < -0.39 is 10.8 Å². The number of thiocarbonyl (C=S) groups is 1. The van der Waals surface area contributed by atoms with Crippen molar-refractivity contribution < 1.29 is 14.5 Å². The predicted molar refractivity (Wildman–Crippen MR) is 169 cm³/mol. The number of rotatable bonds is 6. The van der Waals surface area contributed by atoms with E-state index in [0.717, 1.165) is 56.7 Å². The average Bonchev–Trinajstić information content (AvgIpc) is 3.01. The summed E-state index contributed by atoms with van der Waals surface area (Å²) in [5.74, 6) is -0.465. The first-order valence-electron chi connectivity index (χ1n) is 14.2. The zero-order chi connectivity index (χ0) is 29.6. The summed E-state index contributed by atoms with van der Waals surface area (Å²) in [7, 11) is 0. The molecular weight excluding hydrogens is 552 g/mol. The topological polar surface area (TPSA) is 111 Å². The van der Waals surface area contributed by atoms with E-state index in [1.807, 2.05) is 65.3 Å². The van der Waals surface area contributed by atoms with Crippen LogP contribution < -0.4 is 20.4 Å². The van der Waals surface area contributed by atoms with Crippen LogP contribution in [0.3, 0.4) is 0 Å². The van der Waals surface area contributed by atoms with Gasteiger partial charge >= 0.3 is 0 Å². The number of aryl methyl sites for hydroxylation is 1. The van der Waals surface area contributed by atoms with Crippen molar-refractivity contribution in [3.8, 4) is 0 Å². The molecule has 2 N–H and O–H groups in total. The Hall–Kier alpha value is -4.51. The molecule has 2 fully saturated rings. The zero-order valence-corrected chi connectivity index (χ0v) is 24.4. The summed E-state index contributed by atoms with van der Waals surface area (Å²) in [5, 5.41) is 17.5. The number of anilines is 3. The minimum Gasteiger partial charge on any atom is -0.368 e. The molecule has 2 amide bonds. The summed E-state index contributed by atoms with van der Waals surface area (Å²) in [6.07, 6.45) is 3.10. The SMILES string of the molecule is Cc1ccc(C(=O)N2CCN(c3ccc(NC(=S)NC(=O)c4ccc(N5CCCCC5)c([N+](=O)[O-])c4)cc3)CC2)cc1. The molecule has 10 nitrogen and oxygen atoms in total. The highest BCUT2D eigenvalue weighted by atomic mass is 32.1. The van der Waals surface area contributed by atoms with Gasteiger partial charge in [-0.05, 0) is 86.9 Å². The molecule has 42 heavy (non-hydrogen) atoms. The van der Waals surface area contributed by atoms with Crippen LogP contribution in [0.4, 0.5) is 22.7 Å². The van der Waals surface area contributed by atoms with Crippen molar-refractivity contribution in [1.82, 2.24) is 10.2 Å². The van der Waals surface area contributed by atoms with Crippen LogP contribution in [0.2, 0.25) is 0 Å². The van der Waals surface area contributed by atoms with Gasteiger partial charge in [0.15, 0.2) is 5.11 Å². The number of piperazine rings is 1. The number of benzene rings is 3. The Morgan fingerprint density at radius 2 is 1.45 bits per heavy atom. The molecular formula is C31H34N6O4S.